The van der Waals surface area contributed by atoms with E-state index in [1.54, 1.807) is 20.8 Å². The van der Waals surface area contributed by atoms with Gasteiger partial charge in [0.2, 0.25) is 0 Å². The van der Waals surface area contributed by atoms with Gasteiger partial charge in [0.15, 0.2) is 5.54 Å². The number of nitrogens with zero attached hydrogens (tertiary/aromatic N) is 1. The molecule has 6 heteroatoms. The summed E-state index contributed by atoms with van der Waals surface area (Å²) in [4.78, 5) is 26.3. The smallest absolute Gasteiger partial charge is 0.411 e. The van der Waals surface area contributed by atoms with E-state index in [9.17, 15) is 14.0 Å². The summed E-state index contributed by atoms with van der Waals surface area (Å²) in [7, 11) is 1.24. The van der Waals surface area contributed by atoms with E-state index in [1.807, 2.05) is 30.3 Å². The minimum atomic E-state index is -1.39. The van der Waals surface area contributed by atoms with E-state index in [0.717, 1.165) is 5.56 Å². The molecule has 1 fully saturated rings. The zero-order valence-electron chi connectivity index (χ0n) is 14.5. The number of amides is 1. The highest BCUT2D eigenvalue weighted by atomic mass is 19.1. The maximum absolute atomic E-state index is 14.2. The van der Waals surface area contributed by atoms with Crippen molar-refractivity contribution in [3.63, 3.8) is 0 Å². The molecule has 0 radical (unpaired) electrons. The quantitative estimate of drug-likeness (QED) is 0.795. The Morgan fingerprint density at radius 1 is 1.29 bits per heavy atom. The molecule has 1 aliphatic heterocycles. The van der Waals surface area contributed by atoms with Crippen LogP contribution in [-0.4, -0.2) is 47.9 Å². The summed E-state index contributed by atoms with van der Waals surface area (Å²) < 4.78 is 24.5. The van der Waals surface area contributed by atoms with Gasteiger partial charge in [-0.25, -0.2) is 14.0 Å². The number of carbonyl (C=O) groups excluding carboxylic acids is 2. The van der Waals surface area contributed by atoms with Gasteiger partial charge in [-0.3, -0.25) is 4.90 Å². The summed E-state index contributed by atoms with van der Waals surface area (Å²) in [5.41, 5.74) is -1.30. The molecule has 1 amide bonds. The lowest BCUT2D eigenvalue weighted by atomic mass is 9.88. The molecular weight excluding hydrogens is 313 g/mol. The van der Waals surface area contributed by atoms with Gasteiger partial charge in [-0.1, -0.05) is 30.3 Å². The van der Waals surface area contributed by atoms with Crippen LogP contribution < -0.4 is 0 Å². The molecule has 24 heavy (non-hydrogen) atoms. The number of halogens is 1. The molecule has 0 N–H and O–H groups in total. The van der Waals surface area contributed by atoms with Crippen molar-refractivity contribution < 1.29 is 23.5 Å². The van der Waals surface area contributed by atoms with Gasteiger partial charge in [-0.15, -0.1) is 0 Å². The van der Waals surface area contributed by atoms with Crippen LogP contribution in [0.25, 0.3) is 0 Å². The van der Waals surface area contributed by atoms with Crippen LogP contribution in [-0.2, 0) is 20.7 Å². The van der Waals surface area contributed by atoms with Crippen molar-refractivity contribution in [1.29, 1.82) is 0 Å². The van der Waals surface area contributed by atoms with Gasteiger partial charge in [-0.05, 0) is 26.3 Å². The van der Waals surface area contributed by atoms with Crippen LogP contribution >= 0.6 is 0 Å². The Labute approximate surface area is 141 Å². The van der Waals surface area contributed by atoms with Crippen LogP contribution in [0.1, 0.15) is 32.8 Å². The van der Waals surface area contributed by atoms with Gasteiger partial charge in [0.1, 0.15) is 11.8 Å². The summed E-state index contributed by atoms with van der Waals surface area (Å²) >= 11 is 0. The molecule has 1 aliphatic rings. The zero-order chi connectivity index (χ0) is 18.0. The number of hydrogen-bond acceptors (Lipinski definition) is 4. The molecule has 0 spiro atoms. The maximum Gasteiger partial charge on any atom is 0.411 e. The van der Waals surface area contributed by atoms with Gasteiger partial charge >= 0.3 is 12.1 Å². The normalized spacial score (nSPS) is 23.9. The third-order valence-electron chi connectivity index (χ3n) is 3.98. The fourth-order valence-electron chi connectivity index (χ4n) is 3.04. The Balaban J connectivity index is 2.38. The van der Waals surface area contributed by atoms with Crippen molar-refractivity contribution in [2.75, 3.05) is 13.7 Å². The van der Waals surface area contributed by atoms with Crippen molar-refractivity contribution >= 4 is 12.1 Å². The lowest BCUT2D eigenvalue weighted by Gasteiger charge is -2.36. The fraction of sp³-hybridized carbons (Fsp3) is 0.556. The van der Waals surface area contributed by atoms with Crippen molar-refractivity contribution in [3.05, 3.63) is 35.9 Å². The molecule has 1 saturated heterocycles. The van der Waals surface area contributed by atoms with Crippen molar-refractivity contribution in [2.45, 2.75) is 50.9 Å². The minimum absolute atomic E-state index is 0.103. The number of ether oxygens (including phenoxy) is 2. The predicted molar refractivity (Wildman–Crippen MR) is 87.3 cm³/mol. The molecule has 0 bridgehead atoms. The van der Waals surface area contributed by atoms with E-state index in [-0.39, 0.29) is 19.4 Å². The maximum atomic E-state index is 14.2. The van der Waals surface area contributed by atoms with Gasteiger partial charge in [0, 0.05) is 12.8 Å². The van der Waals surface area contributed by atoms with Crippen LogP contribution in [0.4, 0.5) is 9.18 Å². The third kappa shape index (κ3) is 3.86. The minimum Gasteiger partial charge on any atom is -0.467 e. The summed E-state index contributed by atoms with van der Waals surface area (Å²) in [5.74, 6) is -0.627. The van der Waals surface area contributed by atoms with E-state index < -0.39 is 29.4 Å². The van der Waals surface area contributed by atoms with Crippen LogP contribution in [0.5, 0.6) is 0 Å². The Morgan fingerprint density at radius 2 is 1.92 bits per heavy atom. The molecule has 1 heterocycles. The lowest BCUT2D eigenvalue weighted by molar-refractivity contribution is -0.153. The number of benzene rings is 1. The number of likely N-dealkylation sites (tertiary alicyclic amines) is 1. The van der Waals surface area contributed by atoms with E-state index >= 15 is 0 Å². The molecular formula is C18H24FNO4. The summed E-state index contributed by atoms with van der Waals surface area (Å²) in [5, 5.41) is 0. The van der Waals surface area contributed by atoms with Crippen molar-refractivity contribution in [1.82, 2.24) is 4.90 Å². The Kier molecular flexibility index (Phi) is 5.16. The van der Waals surface area contributed by atoms with Crippen molar-refractivity contribution in [3.8, 4) is 0 Å². The second-order valence-electron chi connectivity index (χ2n) is 7.08. The SMILES string of the molecule is COC(=O)[C@@]1(Cc2ccccc2)C[C@@H](F)CN1C(=O)OC(C)(C)C. The third-order valence-corrected chi connectivity index (χ3v) is 3.98. The lowest BCUT2D eigenvalue weighted by Crippen LogP contribution is -2.56. The number of esters is 1. The summed E-state index contributed by atoms with van der Waals surface area (Å²) in [6, 6.07) is 9.19. The molecule has 1 aromatic carbocycles. The Morgan fingerprint density at radius 3 is 2.46 bits per heavy atom. The van der Waals surface area contributed by atoms with E-state index in [1.165, 1.54) is 12.0 Å². The average molecular weight is 337 g/mol. The largest absolute Gasteiger partial charge is 0.467 e. The summed E-state index contributed by atoms with van der Waals surface area (Å²) in [6.45, 7) is 5.00. The average Bonchev–Trinajstić information content (AvgIpc) is 2.83. The van der Waals surface area contributed by atoms with E-state index in [4.69, 9.17) is 9.47 Å². The molecule has 2 atom stereocenters. The molecule has 132 valence electrons. The summed E-state index contributed by atoms with van der Waals surface area (Å²) in [6.07, 6.45) is -1.93. The standard InChI is InChI=1S/C18H24FNO4/c1-17(2,3)24-16(22)20-12-14(19)11-18(20,15(21)23-4)10-13-8-6-5-7-9-13/h5-9,14H,10-12H2,1-4H3/t14-,18-/m1/s1. The zero-order valence-corrected chi connectivity index (χ0v) is 14.5. The Bertz CT molecular complexity index is 599. The highest BCUT2D eigenvalue weighted by Gasteiger charge is 2.55. The predicted octanol–water partition coefficient (Wildman–Crippen LogP) is 3.12. The van der Waals surface area contributed by atoms with Gasteiger partial charge in [-0.2, -0.15) is 0 Å². The molecule has 0 unspecified atom stereocenters. The number of carbonyl (C=O) groups is 2. The first-order valence-electron chi connectivity index (χ1n) is 7.95. The van der Waals surface area contributed by atoms with Crippen LogP contribution in [0, 0.1) is 0 Å². The molecule has 5 nitrogen and oxygen atoms in total. The van der Waals surface area contributed by atoms with E-state index in [2.05, 4.69) is 0 Å². The first-order valence-corrected chi connectivity index (χ1v) is 7.95. The second kappa shape index (κ2) is 6.79. The van der Waals surface area contributed by atoms with E-state index in [0.29, 0.717) is 0 Å². The van der Waals surface area contributed by atoms with Crippen LogP contribution in [0.15, 0.2) is 30.3 Å². The molecule has 2 rings (SSSR count). The van der Waals surface area contributed by atoms with Crippen molar-refractivity contribution in [2.24, 2.45) is 0 Å². The van der Waals surface area contributed by atoms with Crippen LogP contribution in [0.2, 0.25) is 0 Å². The number of rotatable bonds is 3. The van der Waals surface area contributed by atoms with Gasteiger partial charge in [0.25, 0.3) is 0 Å². The highest BCUT2D eigenvalue weighted by Crippen LogP contribution is 2.36. The van der Waals surface area contributed by atoms with Gasteiger partial charge in [0.05, 0.1) is 13.7 Å². The highest BCUT2D eigenvalue weighted by molar-refractivity contribution is 5.87. The number of alkyl halides is 1. The van der Waals surface area contributed by atoms with Gasteiger partial charge < -0.3 is 9.47 Å². The second-order valence-corrected chi connectivity index (χ2v) is 7.08. The molecule has 1 aromatic rings. The topological polar surface area (TPSA) is 55.8 Å². The molecule has 0 aliphatic carbocycles. The monoisotopic (exact) mass is 337 g/mol. The molecule has 0 saturated carbocycles. The van der Waals surface area contributed by atoms with Crippen LogP contribution in [0.3, 0.4) is 0 Å². The number of methoxy groups -OCH3 is 1. The first kappa shape index (κ1) is 18.2. The number of hydrogen-bond donors (Lipinski definition) is 0. The Hall–Kier alpha value is -2.11. The fourth-order valence-corrected chi connectivity index (χ4v) is 3.04. The first-order chi connectivity index (χ1) is 11.2. The molecule has 0 aromatic heterocycles.